The molecule has 1 fully saturated rings. The quantitative estimate of drug-likeness (QED) is 0.0874. The minimum atomic E-state index is -1.23. The molecule has 0 bridgehead atoms. The van der Waals surface area contributed by atoms with Crippen LogP contribution in [0.5, 0.6) is 5.75 Å². The van der Waals surface area contributed by atoms with Crippen LogP contribution in [0.3, 0.4) is 0 Å². The number of hydrogen-bond acceptors (Lipinski definition) is 9. The number of rotatable bonds is 19. The van der Waals surface area contributed by atoms with Gasteiger partial charge in [-0.1, -0.05) is 83.5 Å². The van der Waals surface area contributed by atoms with Crippen LogP contribution in [0.25, 0.3) is 0 Å². The molecule has 5 amide bonds. The molecule has 1 unspecified atom stereocenters. The second kappa shape index (κ2) is 20.4. The van der Waals surface area contributed by atoms with Crippen molar-refractivity contribution in [2.75, 3.05) is 6.54 Å². The van der Waals surface area contributed by atoms with E-state index in [1.54, 1.807) is 70.2 Å². The lowest BCUT2D eigenvalue weighted by atomic mass is 9.90. The number of carbonyl (C=O) groups excluding carboxylic acids is 5. The Hall–Kier alpha value is -5.77. The number of nitrogens with one attached hydrogen (secondary N) is 5. The van der Waals surface area contributed by atoms with Crippen LogP contribution in [0, 0.1) is 11.8 Å². The van der Waals surface area contributed by atoms with Gasteiger partial charge in [0.2, 0.25) is 29.5 Å². The highest BCUT2D eigenvalue weighted by molar-refractivity contribution is 5.97. The number of imidazole rings is 1. The Morgan fingerprint density at radius 1 is 0.860 bits per heavy atom. The summed E-state index contributed by atoms with van der Waals surface area (Å²) in [6.45, 7) is 9.11. The van der Waals surface area contributed by atoms with Gasteiger partial charge in [-0.3, -0.25) is 24.0 Å². The molecule has 1 saturated heterocycles. The van der Waals surface area contributed by atoms with E-state index in [0.29, 0.717) is 24.1 Å². The first-order valence-electron chi connectivity index (χ1n) is 19.4. The Kier molecular flexibility index (Phi) is 15.7. The normalized spacial score (nSPS) is 17.7. The standard InChI is InChI=1S/C41H56N8O8/c1-6-24(4)34(47-39(54)35(48-37(52)33(42)23(2)3)25(5)27-14-16-29(50)17-15-27)38(53)45-30(20-28-21-43-22-44-28)40(55)49-18-10-13-32(49)36(51)46-31(41(56)57)19-26-11-8-7-9-12-26/h7-9,11-12,14-17,21-25,30-35,50H,6,10,13,18-20,42H2,1-5H3,(H,43,44)(H,45,53)(H,46,51)(H,47,54)(H,48,52)(H,56,57)/t24-,25?,30-,31-,32-,33-,34-,35-/m0/s1. The number of amides is 5. The molecule has 2 heterocycles. The van der Waals surface area contributed by atoms with Crippen molar-refractivity contribution in [1.82, 2.24) is 36.1 Å². The molecule has 308 valence electrons. The fraction of sp³-hybridized carbons (Fsp3) is 0.488. The van der Waals surface area contributed by atoms with E-state index in [9.17, 15) is 39.0 Å². The van der Waals surface area contributed by atoms with E-state index in [4.69, 9.17) is 5.73 Å². The molecule has 1 aliphatic heterocycles. The maximum absolute atomic E-state index is 14.4. The van der Waals surface area contributed by atoms with Gasteiger partial charge in [0.15, 0.2) is 0 Å². The summed E-state index contributed by atoms with van der Waals surface area (Å²) in [5.74, 6) is -5.51. The van der Waals surface area contributed by atoms with Gasteiger partial charge in [-0.25, -0.2) is 9.78 Å². The van der Waals surface area contributed by atoms with E-state index in [-0.39, 0.29) is 37.5 Å². The first-order chi connectivity index (χ1) is 27.1. The summed E-state index contributed by atoms with van der Waals surface area (Å²) < 4.78 is 0. The number of carbonyl (C=O) groups is 6. The highest BCUT2D eigenvalue weighted by Gasteiger charge is 2.41. The first-order valence-corrected chi connectivity index (χ1v) is 19.4. The van der Waals surface area contributed by atoms with Crippen LogP contribution in [0.2, 0.25) is 0 Å². The lowest BCUT2D eigenvalue weighted by molar-refractivity contribution is -0.145. The summed E-state index contributed by atoms with van der Waals surface area (Å²) in [6, 6.07) is 8.44. The summed E-state index contributed by atoms with van der Waals surface area (Å²) >= 11 is 0. The highest BCUT2D eigenvalue weighted by Crippen LogP contribution is 2.24. The third-order valence-corrected chi connectivity index (χ3v) is 10.6. The number of nitrogens with zero attached hydrogens (tertiary/aromatic N) is 2. The van der Waals surface area contributed by atoms with Crippen molar-refractivity contribution in [3.63, 3.8) is 0 Å². The van der Waals surface area contributed by atoms with Gasteiger partial charge in [0.1, 0.15) is 36.0 Å². The fourth-order valence-corrected chi connectivity index (χ4v) is 6.78. The Balaban J connectivity index is 1.57. The fourth-order valence-electron chi connectivity index (χ4n) is 6.78. The maximum Gasteiger partial charge on any atom is 0.326 e. The second-order valence-electron chi connectivity index (χ2n) is 15.1. The number of benzene rings is 2. The van der Waals surface area contributed by atoms with Crippen LogP contribution in [0.1, 0.15) is 76.6 Å². The zero-order chi connectivity index (χ0) is 41.8. The van der Waals surface area contributed by atoms with Crippen LogP contribution >= 0.6 is 0 Å². The number of aromatic nitrogens is 2. The minimum Gasteiger partial charge on any atom is -0.508 e. The van der Waals surface area contributed by atoms with Crippen LogP contribution in [-0.4, -0.2) is 103 Å². The van der Waals surface area contributed by atoms with Crippen molar-refractivity contribution in [2.45, 2.75) is 109 Å². The number of H-pyrrole nitrogens is 1. The molecule has 16 heteroatoms. The molecular formula is C41H56N8O8. The minimum absolute atomic E-state index is 0.0218. The lowest BCUT2D eigenvalue weighted by Crippen LogP contribution is -2.61. The van der Waals surface area contributed by atoms with E-state index in [0.717, 1.165) is 5.56 Å². The monoisotopic (exact) mass is 788 g/mol. The number of aromatic amines is 1. The molecule has 57 heavy (non-hydrogen) atoms. The smallest absolute Gasteiger partial charge is 0.326 e. The van der Waals surface area contributed by atoms with E-state index >= 15 is 0 Å². The SMILES string of the molecule is CC[C@H](C)[C@H](NC(=O)[C@@H](NC(=O)[C@@H](N)C(C)C)C(C)c1ccc(O)cc1)C(=O)N[C@@H](Cc1cnc[nH]1)C(=O)N1CCC[C@H]1C(=O)N[C@@H](Cc1ccccc1)C(=O)O. The van der Waals surface area contributed by atoms with Crippen LogP contribution in [-0.2, 0) is 41.6 Å². The molecule has 1 aliphatic rings. The average molecular weight is 789 g/mol. The van der Waals surface area contributed by atoms with Crippen molar-refractivity contribution in [3.05, 3.63) is 83.9 Å². The zero-order valence-electron chi connectivity index (χ0n) is 33.1. The Morgan fingerprint density at radius 3 is 2.11 bits per heavy atom. The molecule has 16 nitrogen and oxygen atoms in total. The van der Waals surface area contributed by atoms with E-state index < -0.39 is 83.6 Å². The van der Waals surface area contributed by atoms with Crippen LogP contribution in [0.4, 0.5) is 0 Å². The second-order valence-corrected chi connectivity index (χ2v) is 15.1. The topological polar surface area (TPSA) is 249 Å². The number of phenolic OH excluding ortho intramolecular Hbond substituents is 1. The van der Waals surface area contributed by atoms with Gasteiger partial charge < -0.3 is 47.1 Å². The number of carboxylic acid groups (broad SMARTS) is 1. The van der Waals surface area contributed by atoms with Crippen molar-refractivity contribution in [3.8, 4) is 5.75 Å². The number of phenols is 1. The van der Waals surface area contributed by atoms with Crippen molar-refractivity contribution >= 4 is 35.5 Å². The van der Waals surface area contributed by atoms with Gasteiger partial charge in [-0.05, 0) is 47.9 Å². The summed E-state index contributed by atoms with van der Waals surface area (Å²) in [6.07, 6.45) is 4.19. The van der Waals surface area contributed by atoms with E-state index in [1.807, 2.05) is 6.92 Å². The number of aromatic hydroxyl groups is 1. The molecule has 0 radical (unpaired) electrons. The molecule has 8 atom stereocenters. The van der Waals surface area contributed by atoms with E-state index in [2.05, 4.69) is 31.2 Å². The van der Waals surface area contributed by atoms with Crippen LogP contribution < -0.4 is 27.0 Å². The van der Waals surface area contributed by atoms with Gasteiger partial charge in [0, 0.05) is 37.2 Å². The zero-order valence-corrected chi connectivity index (χ0v) is 33.1. The van der Waals surface area contributed by atoms with Gasteiger partial charge in [0.25, 0.3) is 0 Å². The van der Waals surface area contributed by atoms with Gasteiger partial charge in [-0.2, -0.15) is 0 Å². The third-order valence-electron chi connectivity index (χ3n) is 10.6. The lowest BCUT2D eigenvalue weighted by Gasteiger charge is -2.32. The summed E-state index contributed by atoms with van der Waals surface area (Å²) in [5.41, 5.74) is 8.02. The van der Waals surface area contributed by atoms with Crippen LogP contribution in [0.15, 0.2) is 67.1 Å². The van der Waals surface area contributed by atoms with Crippen molar-refractivity contribution in [1.29, 1.82) is 0 Å². The van der Waals surface area contributed by atoms with E-state index in [1.165, 1.54) is 29.6 Å². The van der Waals surface area contributed by atoms with Gasteiger partial charge in [-0.15, -0.1) is 0 Å². The maximum atomic E-state index is 14.4. The molecule has 3 aromatic rings. The summed E-state index contributed by atoms with van der Waals surface area (Å²) in [5, 5.41) is 30.8. The molecule has 0 spiro atoms. The molecule has 0 aliphatic carbocycles. The summed E-state index contributed by atoms with van der Waals surface area (Å²) in [4.78, 5) is 90.1. The predicted octanol–water partition coefficient (Wildman–Crippen LogP) is 1.75. The average Bonchev–Trinajstić information content (AvgIpc) is 3.91. The molecular weight excluding hydrogens is 732 g/mol. The third kappa shape index (κ3) is 11.9. The molecule has 1 aromatic heterocycles. The number of carboxylic acids is 1. The Labute approximate surface area is 332 Å². The van der Waals surface area contributed by atoms with Gasteiger partial charge >= 0.3 is 5.97 Å². The first kappa shape index (κ1) is 44.0. The number of hydrogen-bond donors (Lipinski definition) is 8. The molecule has 4 rings (SSSR count). The highest BCUT2D eigenvalue weighted by atomic mass is 16.4. The Morgan fingerprint density at radius 2 is 1.51 bits per heavy atom. The molecule has 2 aromatic carbocycles. The summed E-state index contributed by atoms with van der Waals surface area (Å²) in [7, 11) is 0. The molecule has 9 N–H and O–H groups in total. The number of aliphatic carboxylic acids is 1. The molecule has 0 saturated carbocycles. The van der Waals surface area contributed by atoms with Crippen molar-refractivity contribution in [2.24, 2.45) is 17.6 Å². The predicted molar refractivity (Wildman–Crippen MR) is 211 cm³/mol. The largest absolute Gasteiger partial charge is 0.508 e. The number of likely N-dealkylation sites (tertiary alicyclic amines) is 1. The van der Waals surface area contributed by atoms with Crippen molar-refractivity contribution < 1.29 is 39.0 Å². The van der Waals surface area contributed by atoms with Gasteiger partial charge in [0.05, 0.1) is 12.4 Å². The Bertz CT molecular complexity index is 1820. The number of nitrogens with two attached hydrogens (primary N) is 1.